The molecule has 2 aliphatic heterocycles. The molecule has 8 rings (SSSR count). The summed E-state index contributed by atoms with van der Waals surface area (Å²) in [5.74, 6) is 1.10. The van der Waals surface area contributed by atoms with Gasteiger partial charge < -0.3 is 84.0 Å². The van der Waals surface area contributed by atoms with Gasteiger partial charge in [-0.15, -0.1) is 0 Å². The second-order valence-corrected chi connectivity index (χ2v) is 23.0. The van der Waals surface area contributed by atoms with Crippen LogP contribution in [0.15, 0.2) is 146 Å². The zero-order valence-corrected chi connectivity index (χ0v) is 54.3. The molecule has 2 fully saturated rings. The lowest BCUT2D eigenvalue weighted by atomic mass is 9.93. The fraction of sp³-hybridized carbons (Fsp3) is 0.429. The minimum atomic E-state index is -4.80. The third kappa shape index (κ3) is 23.0. The molecule has 6 aromatic rings. The predicted molar refractivity (Wildman–Crippen MR) is 345 cm³/mol. The van der Waals surface area contributed by atoms with E-state index in [9.17, 15) is 45.5 Å². The molecule has 9 atom stereocenters. The van der Waals surface area contributed by atoms with E-state index in [1.54, 1.807) is 97.1 Å². The van der Waals surface area contributed by atoms with Crippen LogP contribution < -0.4 is 50.8 Å². The Labute approximate surface area is 558 Å². The number of benzene rings is 6. The molecule has 6 amide bonds. The van der Waals surface area contributed by atoms with E-state index in [0.717, 1.165) is 67.6 Å². The Morgan fingerprint density at radius 2 is 0.948 bits per heavy atom. The predicted octanol–water partition coefficient (Wildman–Crippen LogP) is 11.5. The molecule has 0 spiro atoms. The second kappa shape index (κ2) is 36.6. The summed E-state index contributed by atoms with van der Waals surface area (Å²) in [5.41, 5.74) is 0.0504. The minimum absolute atomic E-state index is 0.00743. The molecule has 0 aliphatic carbocycles. The number of ether oxygens (including phenoxy) is 11. The number of amides is 6. The highest BCUT2D eigenvalue weighted by Crippen LogP contribution is 2.35. The average Bonchev–Trinajstić information content (AvgIpc) is 0.883. The minimum Gasteiger partial charge on any atom is -0.497 e. The third-order valence-corrected chi connectivity index (χ3v) is 16.0. The first-order valence-electron chi connectivity index (χ1n) is 31.6. The van der Waals surface area contributed by atoms with Crippen molar-refractivity contribution in [3.63, 3.8) is 0 Å². The van der Waals surface area contributed by atoms with Crippen molar-refractivity contribution in [3.8, 4) is 23.0 Å². The molecule has 2 heterocycles. The van der Waals surface area contributed by atoms with Gasteiger partial charge in [-0.3, -0.25) is 9.59 Å². The highest BCUT2D eigenvalue weighted by atomic mass is 19.4. The number of carbonyl (C=O) groups excluding carboxylic acids is 4. The van der Waals surface area contributed by atoms with Crippen molar-refractivity contribution in [1.29, 1.82) is 0 Å². The van der Waals surface area contributed by atoms with E-state index in [0.29, 0.717) is 46.1 Å². The van der Waals surface area contributed by atoms with Gasteiger partial charge in [-0.2, -0.15) is 26.3 Å². The van der Waals surface area contributed by atoms with Gasteiger partial charge >= 0.3 is 24.4 Å². The lowest BCUT2D eigenvalue weighted by Crippen LogP contribution is -2.71. The number of halogens is 6. The molecule has 524 valence electrons. The fourth-order valence-electron chi connectivity index (χ4n) is 10.8. The summed E-state index contributed by atoms with van der Waals surface area (Å²) in [4.78, 5) is 56.8. The Balaban J connectivity index is 1.24. The van der Waals surface area contributed by atoms with E-state index in [4.69, 9.17) is 52.1 Å². The van der Waals surface area contributed by atoms with Crippen LogP contribution >= 0.6 is 0 Å². The average molecular weight is 1360 g/mol. The summed E-state index contributed by atoms with van der Waals surface area (Å²) in [6, 6.07) is 29.3. The van der Waals surface area contributed by atoms with Crippen LogP contribution in [0.25, 0.3) is 0 Å². The maximum atomic E-state index is 14.8. The van der Waals surface area contributed by atoms with Crippen molar-refractivity contribution >= 4 is 35.3 Å². The van der Waals surface area contributed by atoms with Crippen LogP contribution in [-0.2, 0) is 81.5 Å². The van der Waals surface area contributed by atoms with Gasteiger partial charge in [0.1, 0.15) is 59.6 Å². The molecule has 21 nitrogen and oxygen atoms in total. The molecule has 2 aliphatic rings. The Bertz CT molecular complexity index is 3430. The number of alkyl halides is 6. The molecule has 27 heteroatoms. The van der Waals surface area contributed by atoms with Crippen LogP contribution in [0.4, 0.5) is 47.3 Å². The third-order valence-electron chi connectivity index (χ3n) is 16.0. The summed E-state index contributed by atoms with van der Waals surface area (Å²) in [6.07, 6.45) is -13.5. The van der Waals surface area contributed by atoms with Crippen molar-refractivity contribution in [2.24, 2.45) is 0 Å². The number of nitrogens with one attached hydrogen (secondary N) is 6. The van der Waals surface area contributed by atoms with Crippen LogP contribution in [-0.4, -0.2) is 134 Å². The van der Waals surface area contributed by atoms with E-state index in [-0.39, 0.29) is 57.4 Å². The van der Waals surface area contributed by atoms with Crippen LogP contribution in [0.3, 0.4) is 0 Å². The first-order chi connectivity index (χ1) is 46.7. The molecule has 0 aromatic heterocycles. The van der Waals surface area contributed by atoms with Crippen LogP contribution in [0.2, 0.25) is 0 Å². The van der Waals surface area contributed by atoms with E-state index in [1.807, 2.05) is 0 Å². The second-order valence-electron chi connectivity index (χ2n) is 23.0. The van der Waals surface area contributed by atoms with Crippen LogP contribution in [0.1, 0.15) is 78.8 Å². The van der Waals surface area contributed by atoms with Gasteiger partial charge in [-0.25, -0.2) is 9.59 Å². The summed E-state index contributed by atoms with van der Waals surface area (Å²) >= 11 is 0. The molecule has 6 aromatic carbocycles. The maximum Gasteiger partial charge on any atom is 0.416 e. The van der Waals surface area contributed by atoms with Crippen molar-refractivity contribution in [2.75, 3.05) is 65.4 Å². The highest BCUT2D eigenvalue weighted by molar-refractivity contribution is 5.90. The summed E-state index contributed by atoms with van der Waals surface area (Å²) in [6.45, 7) is 0.252. The number of carbonyl (C=O) groups is 4. The molecule has 4 unspecified atom stereocenters. The van der Waals surface area contributed by atoms with E-state index >= 15 is 0 Å². The van der Waals surface area contributed by atoms with Gasteiger partial charge in [-0.1, -0.05) is 93.3 Å². The molecule has 0 saturated carbocycles. The standard InChI is InChI=1S/C70H82F6N6O15/c1-6-7-8-9-10-17-59(83)77-36-60(84)81-61-57(42-91-37-44-18-26-52(87-2)27-19-44)93-41-56(80-67(85)78-50-15-11-13-48(34-50)69(71,72)73)63(61)97-66-62(82-68(86)79-51-16-12-14-49(35-51)70(74,75)76)65(95-40-47-24-32-55(90-5)33-25-47)64(94-39-46-22-30-54(89-4)31-23-46)58(96-66)43-92-38-45-20-28-53(88-3)29-21-45/h11-16,18-35,56-58,61-66H,6-10,17,36-43H2,1-5H3,(H,77,83)(H,81,84)(H2,78,80,85)(H2,79,82,86)/t56?,57?,58?,61-,62?,63+,64+,65+,66-/m0/s1. The number of hydrogen-bond acceptors (Lipinski definition) is 15. The van der Waals surface area contributed by atoms with Crippen molar-refractivity contribution in [1.82, 2.24) is 21.3 Å². The lowest BCUT2D eigenvalue weighted by Gasteiger charge is -2.49. The Morgan fingerprint density at radius 1 is 0.495 bits per heavy atom. The number of hydrogen-bond donors (Lipinski definition) is 6. The summed E-state index contributed by atoms with van der Waals surface area (Å²) in [5, 5.41) is 16.2. The van der Waals surface area contributed by atoms with Gasteiger partial charge in [-0.05, 0) is 114 Å². The topological polar surface area (TPSA) is 242 Å². The zero-order chi connectivity index (χ0) is 69.3. The van der Waals surface area contributed by atoms with E-state index in [2.05, 4.69) is 38.8 Å². The highest BCUT2D eigenvalue weighted by Gasteiger charge is 2.53. The van der Waals surface area contributed by atoms with Gasteiger partial charge in [0.2, 0.25) is 11.8 Å². The maximum absolute atomic E-state index is 14.8. The van der Waals surface area contributed by atoms with Crippen molar-refractivity contribution in [3.05, 3.63) is 179 Å². The van der Waals surface area contributed by atoms with Gasteiger partial charge in [0.25, 0.3) is 0 Å². The zero-order valence-electron chi connectivity index (χ0n) is 54.3. The van der Waals surface area contributed by atoms with Crippen molar-refractivity contribution in [2.45, 2.75) is 139 Å². The Morgan fingerprint density at radius 3 is 1.42 bits per heavy atom. The van der Waals surface area contributed by atoms with Gasteiger partial charge in [0, 0.05) is 17.8 Å². The number of urea groups is 2. The molecule has 0 radical (unpaired) electrons. The number of unbranched alkanes of at least 4 members (excludes halogenated alkanes) is 4. The van der Waals surface area contributed by atoms with Crippen LogP contribution in [0, 0.1) is 0 Å². The molecular weight excluding hydrogens is 1280 g/mol. The number of anilines is 2. The Hall–Kier alpha value is -8.70. The van der Waals surface area contributed by atoms with Gasteiger partial charge in [0.15, 0.2) is 6.29 Å². The first-order valence-corrected chi connectivity index (χ1v) is 31.6. The monoisotopic (exact) mass is 1360 g/mol. The normalized spacial score (nSPS) is 20.2. The molecule has 6 N–H and O–H groups in total. The summed E-state index contributed by atoms with van der Waals surface area (Å²) < 4.78 is 153. The molecular formula is C70H82F6N6O15. The van der Waals surface area contributed by atoms with Crippen LogP contribution in [0.5, 0.6) is 23.0 Å². The smallest absolute Gasteiger partial charge is 0.416 e. The largest absolute Gasteiger partial charge is 0.497 e. The van der Waals surface area contributed by atoms with Gasteiger partial charge in [0.05, 0.1) is 104 Å². The first kappa shape index (κ1) is 74.1. The molecule has 0 bridgehead atoms. The molecule has 97 heavy (non-hydrogen) atoms. The van der Waals surface area contributed by atoms with E-state index in [1.165, 1.54) is 40.6 Å². The number of methoxy groups -OCH3 is 4. The molecule has 2 saturated heterocycles. The Kier molecular flexibility index (Phi) is 28.0. The SMILES string of the molecule is CCCCCCCC(=O)NCC(=O)N[C@H]1C(COCc2ccc(OC)cc2)OCC(NC(=O)Nc2cccc(C(F)(F)F)c2)[C@H]1O[C@@H]1OC(COCc2ccc(OC)cc2)[C@@H](OCc2ccc(OC)cc2)[C@H](OCc2ccc(OC)cc2)C1NC(=O)Nc1cccc(C(F)(F)F)c1. The number of rotatable bonds is 33. The van der Waals surface area contributed by atoms with Crippen molar-refractivity contribution < 1.29 is 97.6 Å². The lowest BCUT2D eigenvalue weighted by molar-refractivity contribution is -0.309. The fourth-order valence-corrected chi connectivity index (χ4v) is 10.8. The summed E-state index contributed by atoms with van der Waals surface area (Å²) in [7, 11) is 6.06. The van der Waals surface area contributed by atoms with E-state index < -0.39 is 115 Å². The quantitative estimate of drug-likeness (QED) is 0.0166.